The van der Waals surface area contributed by atoms with Gasteiger partial charge in [-0.15, -0.1) is 0 Å². The maximum atomic E-state index is 12.5. The van der Waals surface area contributed by atoms with Crippen LogP contribution >= 0.6 is 11.3 Å². The van der Waals surface area contributed by atoms with Crippen molar-refractivity contribution in [2.24, 2.45) is 0 Å². The van der Waals surface area contributed by atoms with Crippen molar-refractivity contribution in [3.63, 3.8) is 0 Å². The van der Waals surface area contributed by atoms with E-state index in [9.17, 15) is 4.79 Å². The standard InChI is InChI=1S/C19H16N4O2S/c1-2-25-15-7-8-16-17(11-15)26-19(21-16)22-18(24)13-3-5-14(6-4-13)23-10-9-20-12-23/h3-12H,2H2,1H3,(H,21,22,24). The van der Waals surface area contributed by atoms with Gasteiger partial charge in [0.1, 0.15) is 5.75 Å². The van der Waals surface area contributed by atoms with E-state index in [4.69, 9.17) is 4.74 Å². The molecule has 0 spiro atoms. The van der Waals surface area contributed by atoms with Gasteiger partial charge in [0, 0.05) is 23.6 Å². The average Bonchev–Trinajstić information content (AvgIpc) is 3.31. The highest BCUT2D eigenvalue weighted by Gasteiger charge is 2.11. The maximum Gasteiger partial charge on any atom is 0.257 e. The molecule has 2 aromatic carbocycles. The molecule has 0 bridgehead atoms. The predicted octanol–water partition coefficient (Wildman–Crippen LogP) is 4.13. The molecule has 0 saturated heterocycles. The van der Waals surface area contributed by atoms with E-state index in [1.54, 1.807) is 24.7 Å². The smallest absolute Gasteiger partial charge is 0.257 e. The first kappa shape index (κ1) is 16.3. The topological polar surface area (TPSA) is 69.0 Å². The molecule has 0 unspecified atom stereocenters. The summed E-state index contributed by atoms with van der Waals surface area (Å²) in [5.74, 6) is 0.614. The highest BCUT2D eigenvalue weighted by Crippen LogP contribution is 2.29. The normalized spacial score (nSPS) is 10.8. The number of nitrogens with zero attached hydrogens (tertiary/aromatic N) is 3. The van der Waals surface area contributed by atoms with Crippen LogP contribution in [0.1, 0.15) is 17.3 Å². The number of hydrogen-bond donors (Lipinski definition) is 1. The molecule has 0 saturated carbocycles. The van der Waals surface area contributed by atoms with E-state index < -0.39 is 0 Å². The van der Waals surface area contributed by atoms with Gasteiger partial charge in [-0.05, 0) is 49.4 Å². The van der Waals surface area contributed by atoms with E-state index in [2.05, 4.69) is 15.3 Å². The Morgan fingerprint density at radius 2 is 2.08 bits per heavy atom. The molecule has 6 nitrogen and oxygen atoms in total. The Labute approximate surface area is 154 Å². The monoisotopic (exact) mass is 364 g/mol. The molecule has 26 heavy (non-hydrogen) atoms. The van der Waals surface area contributed by atoms with Crippen LogP contribution in [0.25, 0.3) is 15.9 Å². The van der Waals surface area contributed by atoms with E-state index in [0.717, 1.165) is 21.7 Å². The number of hydrogen-bond acceptors (Lipinski definition) is 5. The summed E-state index contributed by atoms with van der Waals surface area (Å²) in [7, 11) is 0. The zero-order chi connectivity index (χ0) is 17.9. The maximum absolute atomic E-state index is 12.5. The summed E-state index contributed by atoms with van der Waals surface area (Å²) < 4.78 is 8.35. The number of nitrogens with one attached hydrogen (secondary N) is 1. The van der Waals surface area contributed by atoms with E-state index >= 15 is 0 Å². The van der Waals surface area contributed by atoms with Gasteiger partial charge in [0.25, 0.3) is 5.91 Å². The molecule has 4 aromatic rings. The van der Waals surface area contributed by atoms with E-state index in [0.29, 0.717) is 17.3 Å². The summed E-state index contributed by atoms with van der Waals surface area (Å²) >= 11 is 1.43. The van der Waals surface area contributed by atoms with Crippen LogP contribution in [0.15, 0.2) is 61.2 Å². The Bertz CT molecular complexity index is 1040. The van der Waals surface area contributed by atoms with Crippen LogP contribution in [0.4, 0.5) is 5.13 Å². The van der Waals surface area contributed by atoms with Gasteiger partial charge in [-0.25, -0.2) is 9.97 Å². The third-order valence-electron chi connectivity index (χ3n) is 3.82. The minimum Gasteiger partial charge on any atom is -0.494 e. The molecule has 4 rings (SSSR count). The van der Waals surface area contributed by atoms with Crippen molar-refractivity contribution in [2.45, 2.75) is 6.92 Å². The Hall–Kier alpha value is -3.19. The van der Waals surface area contributed by atoms with Crippen LogP contribution in [0.3, 0.4) is 0 Å². The Kier molecular flexibility index (Phi) is 4.37. The number of anilines is 1. The summed E-state index contributed by atoms with van der Waals surface area (Å²) in [5.41, 5.74) is 2.36. The lowest BCUT2D eigenvalue weighted by atomic mass is 10.2. The summed E-state index contributed by atoms with van der Waals surface area (Å²) in [5, 5.41) is 3.43. The molecule has 2 aromatic heterocycles. The fourth-order valence-electron chi connectivity index (χ4n) is 2.58. The van der Waals surface area contributed by atoms with Crippen molar-refractivity contribution in [3.8, 4) is 11.4 Å². The van der Waals surface area contributed by atoms with Gasteiger partial charge in [-0.1, -0.05) is 11.3 Å². The molecule has 0 aliphatic carbocycles. The second kappa shape index (κ2) is 6.97. The molecule has 1 N–H and O–H groups in total. The molecule has 0 atom stereocenters. The third-order valence-corrected chi connectivity index (χ3v) is 4.76. The number of imidazole rings is 1. The summed E-state index contributed by atoms with van der Waals surface area (Å²) in [6.45, 7) is 2.56. The largest absolute Gasteiger partial charge is 0.494 e. The molecular formula is C19H16N4O2S. The van der Waals surface area contributed by atoms with E-state index in [1.165, 1.54) is 11.3 Å². The van der Waals surface area contributed by atoms with Crippen LogP contribution < -0.4 is 10.1 Å². The predicted molar refractivity (Wildman–Crippen MR) is 102 cm³/mol. The first-order valence-electron chi connectivity index (χ1n) is 8.16. The second-order valence-corrected chi connectivity index (χ2v) is 6.58. The van der Waals surface area contributed by atoms with Gasteiger partial charge < -0.3 is 9.30 Å². The van der Waals surface area contributed by atoms with Crippen LogP contribution in [0.5, 0.6) is 5.75 Å². The molecule has 7 heteroatoms. The van der Waals surface area contributed by atoms with Crippen LogP contribution in [-0.2, 0) is 0 Å². The SMILES string of the molecule is CCOc1ccc2nc(NC(=O)c3ccc(-n4ccnc4)cc3)sc2c1. The fraction of sp³-hybridized carbons (Fsp3) is 0.105. The summed E-state index contributed by atoms with van der Waals surface area (Å²) in [6.07, 6.45) is 5.28. The molecule has 0 fully saturated rings. The van der Waals surface area contributed by atoms with Gasteiger partial charge >= 0.3 is 0 Å². The number of aromatic nitrogens is 3. The van der Waals surface area contributed by atoms with Crippen molar-refractivity contribution in [1.29, 1.82) is 0 Å². The van der Waals surface area contributed by atoms with Gasteiger partial charge in [-0.2, -0.15) is 0 Å². The zero-order valence-electron chi connectivity index (χ0n) is 14.0. The van der Waals surface area contributed by atoms with E-state index in [1.807, 2.05) is 48.0 Å². The van der Waals surface area contributed by atoms with Crippen molar-refractivity contribution in [2.75, 3.05) is 11.9 Å². The summed E-state index contributed by atoms with van der Waals surface area (Å²) in [4.78, 5) is 20.9. The average molecular weight is 364 g/mol. The van der Waals surface area contributed by atoms with Gasteiger partial charge in [0.2, 0.25) is 0 Å². The number of rotatable bonds is 5. The Morgan fingerprint density at radius 3 is 2.81 bits per heavy atom. The molecule has 1 amide bonds. The van der Waals surface area contributed by atoms with Crippen molar-refractivity contribution in [1.82, 2.24) is 14.5 Å². The first-order valence-corrected chi connectivity index (χ1v) is 8.98. The minimum atomic E-state index is -0.189. The lowest BCUT2D eigenvalue weighted by Crippen LogP contribution is -2.11. The number of amides is 1. The van der Waals surface area contributed by atoms with Crippen LogP contribution in [-0.4, -0.2) is 27.0 Å². The highest BCUT2D eigenvalue weighted by atomic mass is 32.1. The number of benzene rings is 2. The number of carbonyl (C=O) groups excluding carboxylic acids is 1. The number of thiazole rings is 1. The Morgan fingerprint density at radius 1 is 1.23 bits per heavy atom. The second-order valence-electron chi connectivity index (χ2n) is 5.55. The van der Waals surface area contributed by atoms with Crippen LogP contribution in [0, 0.1) is 0 Å². The lowest BCUT2D eigenvalue weighted by molar-refractivity contribution is 0.102. The molecule has 0 aliphatic rings. The van der Waals surface area contributed by atoms with Crippen molar-refractivity contribution >= 4 is 32.6 Å². The number of carbonyl (C=O) groups is 1. The number of fused-ring (bicyclic) bond motifs is 1. The number of ether oxygens (including phenoxy) is 1. The first-order chi connectivity index (χ1) is 12.7. The Balaban J connectivity index is 1.51. The fourth-order valence-corrected chi connectivity index (χ4v) is 3.47. The lowest BCUT2D eigenvalue weighted by Gasteiger charge is -2.04. The molecule has 0 aliphatic heterocycles. The quantitative estimate of drug-likeness (QED) is 0.578. The van der Waals surface area contributed by atoms with Crippen molar-refractivity contribution < 1.29 is 9.53 Å². The summed E-state index contributed by atoms with van der Waals surface area (Å²) in [6, 6.07) is 13.0. The molecule has 130 valence electrons. The van der Waals surface area contributed by atoms with E-state index in [-0.39, 0.29) is 5.91 Å². The van der Waals surface area contributed by atoms with Crippen molar-refractivity contribution in [3.05, 3.63) is 66.7 Å². The molecule has 2 heterocycles. The van der Waals surface area contributed by atoms with Gasteiger partial charge in [0.05, 0.1) is 23.2 Å². The van der Waals surface area contributed by atoms with Gasteiger partial charge in [0.15, 0.2) is 5.13 Å². The zero-order valence-corrected chi connectivity index (χ0v) is 14.9. The van der Waals surface area contributed by atoms with Gasteiger partial charge in [-0.3, -0.25) is 10.1 Å². The molecule has 0 radical (unpaired) electrons. The minimum absolute atomic E-state index is 0.189. The molecular weight excluding hydrogens is 348 g/mol. The van der Waals surface area contributed by atoms with Crippen LogP contribution in [0.2, 0.25) is 0 Å². The highest BCUT2D eigenvalue weighted by molar-refractivity contribution is 7.22. The third kappa shape index (κ3) is 3.29.